The standard InChI is InChI=1S/C10H20N2OS/c1-9-8-12(5-6-14(9)13)10-3-2-4-11-7-10/h9-11H,2-8H2,1H3. The third-order valence-corrected chi connectivity index (χ3v) is 4.94. The highest BCUT2D eigenvalue weighted by Crippen LogP contribution is 2.15. The molecule has 0 radical (unpaired) electrons. The SMILES string of the molecule is CC1CN(C2CCCNC2)CCS1=O. The van der Waals surface area contributed by atoms with Crippen molar-refractivity contribution in [2.45, 2.75) is 31.1 Å². The first-order valence-corrected chi connectivity index (χ1v) is 6.97. The van der Waals surface area contributed by atoms with E-state index >= 15 is 0 Å². The van der Waals surface area contributed by atoms with E-state index in [2.05, 4.69) is 17.1 Å². The summed E-state index contributed by atoms with van der Waals surface area (Å²) in [6, 6.07) is 0.698. The van der Waals surface area contributed by atoms with Crippen molar-refractivity contribution in [2.24, 2.45) is 0 Å². The third-order valence-electron chi connectivity index (χ3n) is 3.31. The fourth-order valence-corrected chi connectivity index (χ4v) is 3.56. The summed E-state index contributed by atoms with van der Waals surface area (Å²) in [4.78, 5) is 2.53. The van der Waals surface area contributed by atoms with Crippen molar-refractivity contribution < 1.29 is 4.21 Å². The van der Waals surface area contributed by atoms with Crippen molar-refractivity contribution in [1.29, 1.82) is 0 Å². The normalized spacial score (nSPS) is 41.1. The van der Waals surface area contributed by atoms with Gasteiger partial charge in [-0.15, -0.1) is 0 Å². The van der Waals surface area contributed by atoms with Gasteiger partial charge in [-0.1, -0.05) is 0 Å². The highest BCUT2D eigenvalue weighted by Gasteiger charge is 2.28. The molecule has 4 heteroatoms. The highest BCUT2D eigenvalue weighted by atomic mass is 32.2. The van der Waals surface area contributed by atoms with E-state index in [1.807, 2.05) is 0 Å². The second kappa shape index (κ2) is 4.73. The predicted molar refractivity (Wildman–Crippen MR) is 59.9 cm³/mol. The number of hydrogen-bond acceptors (Lipinski definition) is 3. The van der Waals surface area contributed by atoms with Gasteiger partial charge in [-0.05, 0) is 26.3 Å². The van der Waals surface area contributed by atoms with Crippen LogP contribution in [0.5, 0.6) is 0 Å². The van der Waals surface area contributed by atoms with Crippen LogP contribution in [0.15, 0.2) is 0 Å². The summed E-state index contributed by atoms with van der Waals surface area (Å²) in [5, 5.41) is 3.81. The number of nitrogens with one attached hydrogen (secondary N) is 1. The summed E-state index contributed by atoms with van der Waals surface area (Å²) in [5.74, 6) is 0.873. The molecule has 2 saturated heterocycles. The second-order valence-electron chi connectivity index (χ2n) is 4.39. The first-order chi connectivity index (χ1) is 6.77. The average molecular weight is 216 g/mol. The molecule has 2 fully saturated rings. The second-order valence-corrected chi connectivity index (χ2v) is 6.37. The van der Waals surface area contributed by atoms with Crippen LogP contribution >= 0.6 is 0 Å². The zero-order valence-corrected chi connectivity index (χ0v) is 9.68. The Bertz CT molecular complexity index is 216. The van der Waals surface area contributed by atoms with Crippen molar-refractivity contribution in [3.8, 4) is 0 Å². The molecule has 0 aromatic heterocycles. The monoisotopic (exact) mass is 216 g/mol. The Kier molecular flexibility index (Phi) is 3.57. The van der Waals surface area contributed by atoms with Crippen LogP contribution in [0.3, 0.4) is 0 Å². The molecule has 0 aromatic rings. The lowest BCUT2D eigenvalue weighted by atomic mass is 10.1. The minimum absolute atomic E-state index is 0.366. The Hall–Kier alpha value is 0.0700. The molecule has 0 aromatic carbocycles. The smallest absolute Gasteiger partial charge is 0.0447 e. The van der Waals surface area contributed by atoms with E-state index in [9.17, 15) is 4.21 Å². The summed E-state index contributed by atoms with van der Waals surface area (Å²) in [5.41, 5.74) is 0. The maximum absolute atomic E-state index is 11.5. The first kappa shape index (κ1) is 10.6. The number of rotatable bonds is 1. The van der Waals surface area contributed by atoms with Gasteiger partial charge in [0.15, 0.2) is 0 Å². The van der Waals surface area contributed by atoms with Gasteiger partial charge < -0.3 is 5.32 Å². The fourth-order valence-electron chi connectivity index (χ4n) is 2.39. The highest BCUT2D eigenvalue weighted by molar-refractivity contribution is 7.85. The van der Waals surface area contributed by atoms with Gasteiger partial charge in [0.05, 0.1) is 0 Å². The zero-order chi connectivity index (χ0) is 9.97. The van der Waals surface area contributed by atoms with Crippen molar-refractivity contribution in [3.05, 3.63) is 0 Å². The first-order valence-electron chi connectivity index (χ1n) is 5.59. The summed E-state index contributed by atoms with van der Waals surface area (Å²) >= 11 is 0. The molecule has 0 spiro atoms. The molecule has 0 aliphatic carbocycles. The van der Waals surface area contributed by atoms with Crippen LogP contribution in [0.1, 0.15) is 19.8 Å². The van der Waals surface area contributed by atoms with E-state index in [-0.39, 0.29) is 0 Å². The van der Waals surface area contributed by atoms with Crippen LogP contribution in [0.25, 0.3) is 0 Å². The predicted octanol–water partition coefficient (Wildman–Crippen LogP) is 0.191. The molecule has 2 aliphatic heterocycles. The van der Waals surface area contributed by atoms with Crippen LogP contribution in [0.4, 0.5) is 0 Å². The van der Waals surface area contributed by atoms with Gasteiger partial charge in [0.2, 0.25) is 0 Å². The van der Waals surface area contributed by atoms with Crippen molar-refractivity contribution in [1.82, 2.24) is 10.2 Å². The van der Waals surface area contributed by atoms with E-state index in [0.29, 0.717) is 11.3 Å². The van der Waals surface area contributed by atoms with E-state index in [4.69, 9.17) is 0 Å². The van der Waals surface area contributed by atoms with Crippen LogP contribution < -0.4 is 5.32 Å². The molecule has 3 nitrogen and oxygen atoms in total. The lowest BCUT2D eigenvalue weighted by Gasteiger charge is -2.38. The maximum atomic E-state index is 11.5. The summed E-state index contributed by atoms with van der Waals surface area (Å²) in [6.07, 6.45) is 2.60. The van der Waals surface area contributed by atoms with Crippen molar-refractivity contribution in [3.63, 3.8) is 0 Å². The van der Waals surface area contributed by atoms with E-state index in [1.165, 1.54) is 19.4 Å². The topological polar surface area (TPSA) is 32.3 Å². The minimum atomic E-state index is -0.572. The van der Waals surface area contributed by atoms with Gasteiger partial charge in [0, 0.05) is 47.5 Å². The molecule has 0 saturated carbocycles. The van der Waals surface area contributed by atoms with Crippen molar-refractivity contribution >= 4 is 10.8 Å². The molecule has 2 heterocycles. The van der Waals surface area contributed by atoms with Gasteiger partial charge in [-0.2, -0.15) is 0 Å². The summed E-state index contributed by atoms with van der Waals surface area (Å²) < 4.78 is 11.5. The Morgan fingerprint density at radius 1 is 1.50 bits per heavy atom. The number of piperidine rings is 1. The molecule has 0 amide bonds. The van der Waals surface area contributed by atoms with Gasteiger partial charge in [0.1, 0.15) is 0 Å². The van der Waals surface area contributed by atoms with Crippen LogP contribution in [-0.2, 0) is 10.8 Å². The molecule has 3 atom stereocenters. The molecule has 14 heavy (non-hydrogen) atoms. The molecule has 82 valence electrons. The number of nitrogens with zero attached hydrogens (tertiary/aromatic N) is 1. The quantitative estimate of drug-likeness (QED) is 0.679. The molecular formula is C10H20N2OS. The Morgan fingerprint density at radius 3 is 3.00 bits per heavy atom. The van der Waals surface area contributed by atoms with Gasteiger partial charge in [-0.25, -0.2) is 0 Å². The van der Waals surface area contributed by atoms with Gasteiger partial charge in [0.25, 0.3) is 0 Å². The largest absolute Gasteiger partial charge is 0.315 e. The van der Waals surface area contributed by atoms with Crippen LogP contribution in [-0.4, -0.2) is 52.3 Å². The van der Waals surface area contributed by atoms with Crippen molar-refractivity contribution in [2.75, 3.05) is 31.9 Å². The van der Waals surface area contributed by atoms with Crippen LogP contribution in [0.2, 0.25) is 0 Å². The lowest BCUT2D eigenvalue weighted by Crippen LogP contribution is -2.52. The molecule has 3 unspecified atom stereocenters. The minimum Gasteiger partial charge on any atom is -0.315 e. The Morgan fingerprint density at radius 2 is 2.36 bits per heavy atom. The van der Waals surface area contributed by atoms with E-state index < -0.39 is 10.8 Å². The van der Waals surface area contributed by atoms with E-state index in [0.717, 1.165) is 25.4 Å². The molecule has 0 bridgehead atoms. The van der Waals surface area contributed by atoms with E-state index in [1.54, 1.807) is 0 Å². The van der Waals surface area contributed by atoms with Crippen LogP contribution in [0, 0.1) is 0 Å². The Balaban J connectivity index is 1.88. The molecular weight excluding hydrogens is 196 g/mol. The molecule has 2 aliphatic rings. The summed E-state index contributed by atoms with van der Waals surface area (Å²) in [7, 11) is -0.572. The maximum Gasteiger partial charge on any atom is 0.0447 e. The van der Waals surface area contributed by atoms with Gasteiger partial charge >= 0.3 is 0 Å². The lowest BCUT2D eigenvalue weighted by molar-refractivity contribution is 0.171. The average Bonchev–Trinajstić information content (AvgIpc) is 2.23. The fraction of sp³-hybridized carbons (Fsp3) is 1.00. The summed E-state index contributed by atoms with van der Waals surface area (Å²) in [6.45, 7) is 6.46. The van der Waals surface area contributed by atoms with Gasteiger partial charge in [-0.3, -0.25) is 9.11 Å². The molecule has 1 N–H and O–H groups in total. The number of hydrogen-bond donors (Lipinski definition) is 1. The zero-order valence-electron chi connectivity index (χ0n) is 8.87. The third kappa shape index (κ3) is 2.35. The Labute approximate surface area is 88.7 Å². The molecule has 2 rings (SSSR count).